The number of aromatic nitrogens is 2. The van der Waals surface area contributed by atoms with Crippen molar-refractivity contribution in [2.45, 2.75) is 26.3 Å². The lowest BCUT2D eigenvalue weighted by Gasteiger charge is -2.14. The largest absolute Gasteiger partial charge is 0.496 e. The minimum absolute atomic E-state index is 0.221. The van der Waals surface area contributed by atoms with Crippen molar-refractivity contribution >= 4 is 35.0 Å². The van der Waals surface area contributed by atoms with Crippen molar-refractivity contribution in [3.05, 3.63) is 82.3 Å². The molecule has 1 N–H and O–H groups in total. The zero-order valence-corrected chi connectivity index (χ0v) is 19.5. The molecule has 1 saturated heterocycles. The Morgan fingerprint density at radius 2 is 1.89 bits per heavy atom. The summed E-state index contributed by atoms with van der Waals surface area (Å²) in [6, 6.07) is 12.9. The highest BCUT2D eigenvalue weighted by Gasteiger charge is 2.32. The first-order chi connectivity index (χ1) is 16.7. The first-order valence-electron chi connectivity index (χ1n) is 10.4. The van der Waals surface area contributed by atoms with Gasteiger partial charge in [0.25, 0.3) is 18.8 Å². The number of rotatable bonds is 7. The van der Waals surface area contributed by atoms with E-state index in [-0.39, 0.29) is 23.3 Å². The molecule has 11 heteroatoms. The third-order valence-electron chi connectivity index (χ3n) is 5.35. The summed E-state index contributed by atoms with van der Waals surface area (Å²) in [5.74, 6) is -0.00400. The molecule has 0 spiro atoms. The number of nitrogens with one attached hydrogen (secondary N) is 1. The van der Waals surface area contributed by atoms with Crippen molar-refractivity contribution in [3.63, 3.8) is 0 Å². The van der Waals surface area contributed by atoms with Crippen molar-refractivity contribution in [1.29, 1.82) is 0 Å². The second kappa shape index (κ2) is 9.87. The van der Waals surface area contributed by atoms with Gasteiger partial charge in [-0.2, -0.15) is 5.10 Å². The van der Waals surface area contributed by atoms with Gasteiger partial charge >= 0.3 is 0 Å². The molecular formula is C24H20F4N4O2S. The van der Waals surface area contributed by atoms with E-state index in [2.05, 4.69) is 10.4 Å². The number of thiocarbonyl (C=S) groups is 1. The molecule has 2 aromatic carbocycles. The van der Waals surface area contributed by atoms with Crippen LogP contribution in [0.4, 0.5) is 23.2 Å². The van der Waals surface area contributed by atoms with Gasteiger partial charge in [-0.05, 0) is 66.7 Å². The standard InChI is InChI=1S/C24H20F4N4O2S/c1-13-4-3-5-16(8-13)32-23(33)18(29-24(32)35)10-14-6-7-20(34-2)15(9-14)12-31-19(22(27)28)11-17(30-31)21(25)26/h3-11,21-22H,12H2,1-2H3,(H,29,35)/b18-10+. The Bertz CT molecular complexity index is 1320. The normalized spacial score (nSPS) is 15.0. The van der Waals surface area contributed by atoms with Crippen molar-refractivity contribution in [2.75, 3.05) is 12.0 Å². The molecule has 1 fully saturated rings. The molecule has 2 heterocycles. The molecule has 6 nitrogen and oxygen atoms in total. The third kappa shape index (κ3) is 5.04. The Labute approximate surface area is 203 Å². The molecule has 3 aromatic rings. The van der Waals surface area contributed by atoms with Crippen LogP contribution >= 0.6 is 12.2 Å². The number of ether oxygens (including phenoxy) is 1. The number of amides is 1. The zero-order valence-electron chi connectivity index (χ0n) is 18.6. The number of hydrogen-bond donors (Lipinski definition) is 1. The molecule has 0 aliphatic carbocycles. The van der Waals surface area contributed by atoms with Gasteiger partial charge in [-0.25, -0.2) is 17.6 Å². The minimum atomic E-state index is -2.99. The summed E-state index contributed by atoms with van der Waals surface area (Å²) in [7, 11) is 1.40. The highest BCUT2D eigenvalue weighted by Crippen LogP contribution is 2.29. The Morgan fingerprint density at radius 1 is 1.11 bits per heavy atom. The average Bonchev–Trinajstić information content (AvgIpc) is 3.35. The first kappa shape index (κ1) is 24.4. The second-order valence-corrected chi connectivity index (χ2v) is 8.18. The van der Waals surface area contributed by atoms with Gasteiger partial charge in [0.2, 0.25) is 0 Å². The molecule has 1 aliphatic heterocycles. The zero-order chi connectivity index (χ0) is 25.3. The van der Waals surface area contributed by atoms with Crippen LogP contribution in [-0.2, 0) is 11.3 Å². The molecule has 35 heavy (non-hydrogen) atoms. The Morgan fingerprint density at radius 3 is 2.54 bits per heavy atom. The van der Waals surface area contributed by atoms with E-state index in [1.165, 1.54) is 12.0 Å². The van der Waals surface area contributed by atoms with Gasteiger partial charge in [-0.1, -0.05) is 18.2 Å². The topological polar surface area (TPSA) is 59.4 Å². The molecule has 0 radical (unpaired) electrons. The van der Waals surface area contributed by atoms with E-state index in [9.17, 15) is 22.4 Å². The number of benzene rings is 2. The number of anilines is 1. The second-order valence-electron chi connectivity index (χ2n) is 7.79. The lowest BCUT2D eigenvalue weighted by Crippen LogP contribution is -2.30. The van der Waals surface area contributed by atoms with Crippen molar-refractivity contribution in [1.82, 2.24) is 15.1 Å². The average molecular weight is 505 g/mol. The predicted molar refractivity (Wildman–Crippen MR) is 127 cm³/mol. The summed E-state index contributed by atoms with van der Waals surface area (Å²) in [6.45, 7) is 1.67. The Balaban J connectivity index is 1.66. The van der Waals surface area contributed by atoms with Gasteiger partial charge in [-0.3, -0.25) is 14.4 Å². The number of halogens is 4. The first-order valence-corrected chi connectivity index (χ1v) is 10.8. The van der Waals surface area contributed by atoms with Crippen molar-refractivity contribution in [3.8, 4) is 5.75 Å². The number of alkyl halides is 4. The Kier molecular flexibility index (Phi) is 6.88. The molecule has 0 bridgehead atoms. The molecule has 1 amide bonds. The minimum Gasteiger partial charge on any atom is -0.496 e. The van der Waals surface area contributed by atoms with Gasteiger partial charge in [0.1, 0.15) is 22.8 Å². The lowest BCUT2D eigenvalue weighted by molar-refractivity contribution is -0.113. The van der Waals surface area contributed by atoms with Crippen LogP contribution < -0.4 is 15.0 Å². The van der Waals surface area contributed by atoms with E-state index in [4.69, 9.17) is 17.0 Å². The van der Waals surface area contributed by atoms with Gasteiger partial charge in [0, 0.05) is 5.56 Å². The van der Waals surface area contributed by atoms with Gasteiger partial charge in [0.15, 0.2) is 5.11 Å². The van der Waals surface area contributed by atoms with E-state index in [0.29, 0.717) is 28.6 Å². The highest BCUT2D eigenvalue weighted by atomic mass is 32.1. The number of nitrogens with zero attached hydrogens (tertiary/aromatic N) is 3. The van der Waals surface area contributed by atoms with Crippen LogP contribution in [0.25, 0.3) is 6.08 Å². The van der Waals surface area contributed by atoms with Crippen molar-refractivity contribution in [2.24, 2.45) is 0 Å². The van der Waals surface area contributed by atoms with E-state index < -0.39 is 24.2 Å². The Hall–Kier alpha value is -3.73. The number of methoxy groups -OCH3 is 1. The summed E-state index contributed by atoms with van der Waals surface area (Å²) in [5.41, 5.74) is 1.41. The molecular weight excluding hydrogens is 484 g/mol. The van der Waals surface area contributed by atoms with Crippen LogP contribution in [0.2, 0.25) is 0 Å². The van der Waals surface area contributed by atoms with E-state index in [1.54, 1.807) is 30.3 Å². The van der Waals surface area contributed by atoms with Gasteiger partial charge in [0.05, 0.1) is 19.3 Å². The van der Waals surface area contributed by atoms with Crippen LogP contribution in [0.1, 0.15) is 40.9 Å². The summed E-state index contributed by atoms with van der Waals surface area (Å²) < 4.78 is 59.0. The van der Waals surface area contributed by atoms with Crippen molar-refractivity contribution < 1.29 is 27.1 Å². The monoisotopic (exact) mass is 504 g/mol. The fourth-order valence-corrected chi connectivity index (χ4v) is 4.04. The molecule has 1 aliphatic rings. The third-order valence-corrected chi connectivity index (χ3v) is 5.64. The van der Waals surface area contributed by atoms with Crippen LogP contribution in [0.15, 0.2) is 54.2 Å². The fraction of sp³-hybridized carbons (Fsp3) is 0.208. The summed E-state index contributed by atoms with van der Waals surface area (Å²) in [4.78, 5) is 14.4. The van der Waals surface area contributed by atoms with Crippen LogP contribution in [0.5, 0.6) is 5.75 Å². The summed E-state index contributed by atoms with van der Waals surface area (Å²) >= 11 is 5.34. The van der Waals surface area contributed by atoms with Gasteiger partial charge < -0.3 is 10.1 Å². The smallest absolute Gasteiger partial charge is 0.282 e. The predicted octanol–water partition coefficient (Wildman–Crippen LogP) is 5.39. The molecule has 0 saturated carbocycles. The number of carbonyl (C=O) groups excluding carboxylic acids is 1. The summed E-state index contributed by atoms with van der Waals surface area (Å²) in [6.07, 6.45) is -4.40. The van der Waals surface area contributed by atoms with Gasteiger partial charge in [-0.15, -0.1) is 0 Å². The molecule has 182 valence electrons. The molecule has 0 atom stereocenters. The van der Waals surface area contributed by atoms with E-state index in [0.717, 1.165) is 10.2 Å². The maximum absolute atomic E-state index is 13.4. The van der Waals surface area contributed by atoms with Crippen LogP contribution in [-0.4, -0.2) is 27.9 Å². The molecule has 4 rings (SSSR count). The maximum Gasteiger partial charge on any atom is 0.282 e. The van der Waals surface area contributed by atoms with E-state index >= 15 is 0 Å². The summed E-state index contributed by atoms with van der Waals surface area (Å²) in [5, 5.41) is 6.75. The maximum atomic E-state index is 13.4. The van der Waals surface area contributed by atoms with E-state index in [1.807, 2.05) is 25.1 Å². The number of carbonyl (C=O) groups is 1. The quantitative estimate of drug-likeness (QED) is 0.266. The SMILES string of the molecule is COc1ccc(/C=C2/NC(=S)N(c3cccc(C)c3)C2=O)cc1Cn1nc(C(F)F)cc1C(F)F. The molecule has 1 aromatic heterocycles. The lowest BCUT2D eigenvalue weighted by atomic mass is 10.1. The molecule has 0 unspecified atom stereocenters. The fourth-order valence-electron chi connectivity index (χ4n) is 3.74. The number of aryl methyl sites for hydroxylation is 1. The highest BCUT2D eigenvalue weighted by molar-refractivity contribution is 7.80. The number of hydrogen-bond acceptors (Lipinski definition) is 4. The van der Waals surface area contributed by atoms with Crippen LogP contribution in [0, 0.1) is 6.92 Å². The van der Waals surface area contributed by atoms with Crippen LogP contribution in [0.3, 0.4) is 0 Å².